The number of carbonyl (C=O) groups is 1. The van der Waals surface area contributed by atoms with Crippen molar-refractivity contribution in [3.05, 3.63) is 0 Å². The van der Waals surface area contributed by atoms with E-state index in [1.54, 1.807) is 0 Å². The molecule has 1 N–H and O–H groups in total. The minimum atomic E-state index is -0.166. The molecule has 0 radical (unpaired) electrons. The molecular weight excluding hydrogens is 250 g/mol. The fourth-order valence-electron chi connectivity index (χ4n) is 3.73. The van der Waals surface area contributed by atoms with Crippen molar-refractivity contribution >= 4 is 5.91 Å². The molecule has 2 fully saturated rings. The molecule has 0 aromatic rings. The van der Waals surface area contributed by atoms with Crippen LogP contribution in [0.2, 0.25) is 0 Å². The molecule has 0 spiro atoms. The van der Waals surface area contributed by atoms with Crippen molar-refractivity contribution in [1.29, 1.82) is 0 Å². The third-order valence-corrected chi connectivity index (χ3v) is 5.44. The lowest BCUT2D eigenvalue weighted by Crippen LogP contribution is -2.48. The number of nitrogens with zero attached hydrogens (tertiary/aromatic N) is 2. The Labute approximate surface area is 123 Å². The van der Waals surface area contributed by atoms with Gasteiger partial charge < -0.3 is 15.1 Å². The van der Waals surface area contributed by atoms with E-state index in [0.29, 0.717) is 17.7 Å². The highest BCUT2D eigenvalue weighted by atomic mass is 16.2. The number of rotatable bonds is 4. The minimum Gasteiger partial charge on any atom is -0.345 e. The molecule has 20 heavy (non-hydrogen) atoms. The number of amides is 1. The van der Waals surface area contributed by atoms with Crippen molar-refractivity contribution in [2.75, 3.05) is 46.8 Å². The Balaban J connectivity index is 1.94. The van der Waals surface area contributed by atoms with Crippen LogP contribution in [0, 0.1) is 17.3 Å². The van der Waals surface area contributed by atoms with E-state index in [1.165, 1.54) is 25.9 Å². The second-order valence-electron chi connectivity index (χ2n) is 7.17. The normalized spacial score (nSPS) is 29.1. The van der Waals surface area contributed by atoms with Crippen LogP contribution in [-0.2, 0) is 4.79 Å². The zero-order valence-corrected chi connectivity index (χ0v) is 13.6. The van der Waals surface area contributed by atoms with Crippen LogP contribution >= 0.6 is 0 Å². The fraction of sp³-hybridized carbons (Fsp3) is 0.938. The van der Waals surface area contributed by atoms with Crippen LogP contribution in [0.4, 0.5) is 0 Å². The predicted molar refractivity (Wildman–Crippen MR) is 82.6 cm³/mol. The predicted octanol–water partition coefficient (Wildman–Crippen LogP) is 1.42. The van der Waals surface area contributed by atoms with Crippen molar-refractivity contribution in [3.63, 3.8) is 0 Å². The average Bonchev–Trinajstić information content (AvgIpc) is 2.91. The van der Waals surface area contributed by atoms with Crippen LogP contribution in [0.1, 0.15) is 33.1 Å². The van der Waals surface area contributed by atoms with Crippen LogP contribution in [0.3, 0.4) is 0 Å². The first kappa shape index (κ1) is 15.8. The molecule has 0 saturated carbocycles. The van der Waals surface area contributed by atoms with Gasteiger partial charge in [0.05, 0.1) is 5.41 Å². The van der Waals surface area contributed by atoms with Gasteiger partial charge in [-0.15, -0.1) is 0 Å². The van der Waals surface area contributed by atoms with E-state index in [-0.39, 0.29) is 5.41 Å². The van der Waals surface area contributed by atoms with Gasteiger partial charge in [-0.25, -0.2) is 0 Å². The van der Waals surface area contributed by atoms with Gasteiger partial charge >= 0.3 is 0 Å². The molecule has 1 amide bonds. The molecule has 2 aliphatic rings. The van der Waals surface area contributed by atoms with E-state index >= 15 is 0 Å². The monoisotopic (exact) mass is 281 g/mol. The Kier molecular flexibility index (Phi) is 5.08. The van der Waals surface area contributed by atoms with Gasteiger partial charge in [0.2, 0.25) is 5.91 Å². The Hall–Kier alpha value is -0.610. The van der Waals surface area contributed by atoms with E-state index in [0.717, 1.165) is 26.1 Å². The standard InChI is InChI=1S/C16H31N3O/c1-13(2)16(7-8-17-12-16)15(20)19(4)11-14-5-9-18(3)10-6-14/h13-14,17H,5-12H2,1-4H3. The highest BCUT2D eigenvalue weighted by molar-refractivity contribution is 5.83. The van der Waals surface area contributed by atoms with Crippen molar-refractivity contribution in [1.82, 2.24) is 15.1 Å². The molecule has 0 aromatic heterocycles. The van der Waals surface area contributed by atoms with Gasteiger partial charge in [-0.1, -0.05) is 13.8 Å². The summed E-state index contributed by atoms with van der Waals surface area (Å²) in [5.74, 6) is 1.44. The molecule has 2 heterocycles. The second kappa shape index (κ2) is 6.44. The van der Waals surface area contributed by atoms with Crippen LogP contribution in [0.5, 0.6) is 0 Å². The van der Waals surface area contributed by atoms with E-state index < -0.39 is 0 Å². The molecular formula is C16H31N3O. The smallest absolute Gasteiger partial charge is 0.230 e. The molecule has 1 unspecified atom stereocenters. The van der Waals surface area contributed by atoms with Gasteiger partial charge in [-0.2, -0.15) is 0 Å². The van der Waals surface area contributed by atoms with Crippen molar-refractivity contribution in [2.45, 2.75) is 33.1 Å². The third-order valence-electron chi connectivity index (χ3n) is 5.44. The second-order valence-corrected chi connectivity index (χ2v) is 7.17. The van der Waals surface area contributed by atoms with E-state index in [1.807, 2.05) is 11.9 Å². The molecule has 2 aliphatic heterocycles. The molecule has 4 nitrogen and oxygen atoms in total. The summed E-state index contributed by atoms with van der Waals surface area (Å²) in [7, 11) is 4.19. The first-order valence-electron chi connectivity index (χ1n) is 8.10. The number of piperidine rings is 1. The molecule has 0 bridgehead atoms. The van der Waals surface area contributed by atoms with Crippen LogP contribution in [-0.4, -0.2) is 62.5 Å². The summed E-state index contributed by atoms with van der Waals surface area (Å²) in [5, 5.41) is 3.39. The molecule has 2 saturated heterocycles. The number of hydrogen-bond acceptors (Lipinski definition) is 3. The van der Waals surface area contributed by atoms with Crippen molar-refractivity contribution in [3.8, 4) is 0 Å². The van der Waals surface area contributed by atoms with Crippen molar-refractivity contribution < 1.29 is 4.79 Å². The summed E-state index contributed by atoms with van der Waals surface area (Å²) in [6.45, 7) is 9.48. The topological polar surface area (TPSA) is 35.6 Å². The summed E-state index contributed by atoms with van der Waals surface area (Å²) in [5.41, 5.74) is -0.166. The summed E-state index contributed by atoms with van der Waals surface area (Å²) < 4.78 is 0. The highest BCUT2D eigenvalue weighted by Gasteiger charge is 2.45. The van der Waals surface area contributed by atoms with Gasteiger partial charge in [0.1, 0.15) is 0 Å². The zero-order valence-electron chi connectivity index (χ0n) is 13.6. The first-order valence-corrected chi connectivity index (χ1v) is 8.10. The Bertz CT molecular complexity index is 329. The SMILES string of the molecule is CC(C)C1(C(=O)N(C)CC2CCN(C)CC2)CCNC1. The van der Waals surface area contributed by atoms with E-state index in [4.69, 9.17) is 0 Å². The average molecular weight is 281 g/mol. The van der Waals surface area contributed by atoms with Crippen molar-refractivity contribution in [2.24, 2.45) is 17.3 Å². The van der Waals surface area contributed by atoms with Gasteiger partial charge in [0.25, 0.3) is 0 Å². The molecule has 0 aromatic carbocycles. The fourth-order valence-corrected chi connectivity index (χ4v) is 3.73. The lowest BCUT2D eigenvalue weighted by atomic mass is 9.75. The first-order chi connectivity index (χ1) is 9.45. The Morgan fingerprint density at radius 3 is 2.55 bits per heavy atom. The number of hydrogen-bond donors (Lipinski definition) is 1. The summed E-state index contributed by atoms with van der Waals surface area (Å²) in [6.07, 6.45) is 3.43. The number of nitrogens with one attached hydrogen (secondary N) is 1. The molecule has 116 valence electrons. The van der Waals surface area contributed by atoms with Gasteiger partial charge in [0, 0.05) is 20.1 Å². The maximum Gasteiger partial charge on any atom is 0.230 e. The number of likely N-dealkylation sites (tertiary alicyclic amines) is 1. The van der Waals surface area contributed by atoms with Crippen LogP contribution in [0.25, 0.3) is 0 Å². The van der Waals surface area contributed by atoms with Crippen LogP contribution < -0.4 is 5.32 Å². The van der Waals surface area contributed by atoms with Gasteiger partial charge in [0.15, 0.2) is 0 Å². The maximum atomic E-state index is 12.9. The minimum absolute atomic E-state index is 0.166. The van der Waals surface area contributed by atoms with E-state index in [2.05, 4.69) is 31.1 Å². The highest BCUT2D eigenvalue weighted by Crippen LogP contribution is 2.36. The molecule has 0 aliphatic carbocycles. The third kappa shape index (κ3) is 3.17. The summed E-state index contributed by atoms with van der Waals surface area (Å²) in [6, 6.07) is 0. The van der Waals surface area contributed by atoms with Gasteiger partial charge in [-0.05, 0) is 57.8 Å². The van der Waals surface area contributed by atoms with E-state index in [9.17, 15) is 4.79 Å². The van der Waals surface area contributed by atoms with Crippen LogP contribution in [0.15, 0.2) is 0 Å². The molecule has 2 rings (SSSR count). The number of carbonyl (C=O) groups excluding carboxylic acids is 1. The Morgan fingerprint density at radius 1 is 1.40 bits per heavy atom. The molecule has 4 heteroatoms. The van der Waals surface area contributed by atoms with Gasteiger partial charge in [-0.3, -0.25) is 4.79 Å². The zero-order chi connectivity index (χ0) is 14.8. The molecule has 1 atom stereocenters. The summed E-state index contributed by atoms with van der Waals surface area (Å²) >= 11 is 0. The maximum absolute atomic E-state index is 12.9. The quantitative estimate of drug-likeness (QED) is 0.846. The lowest BCUT2D eigenvalue weighted by Gasteiger charge is -2.38. The largest absolute Gasteiger partial charge is 0.345 e. The Morgan fingerprint density at radius 2 is 2.05 bits per heavy atom. The lowest BCUT2D eigenvalue weighted by molar-refractivity contribution is -0.143. The summed E-state index contributed by atoms with van der Waals surface area (Å²) in [4.78, 5) is 17.3.